The number of halogens is 1. The van der Waals surface area contributed by atoms with E-state index < -0.39 is 6.04 Å². The maximum atomic E-state index is 13.6. The van der Waals surface area contributed by atoms with Crippen molar-refractivity contribution in [3.8, 4) is 5.75 Å². The van der Waals surface area contributed by atoms with Crippen LogP contribution >= 0.6 is 11.6 Å². The molecule has 168 valence electrons. The maximum Gasteiger partial charge on any atom is 0.328 e. The molecule has 3 aliphatic heterocycles. The number of nitrogens with one attached hydrogen (secondary N) is 1. The first-order chi connectivity index (χ1) is 15.5. The number of rotatable bonds is 4. The molecule has 0 aromatic heterocycles. The molecule has 2 aromatic rings. The summed E-state index contributed by atoms with van der Waals surface area (Å²) >= 11 is 6.11. The molecule has 0 bridgehead atoms. The third-order valence-corrected chi connectivity index (χ3v) is 6.72. The van der Waals surface area contributed by atoms with Crippen molar-refractivity contribution >= 4 is 29.2 Å². The van der Waals surface area contributed by atoms with E-state index in [-0.39, 0.29) is 30.9 Å². The molecule has 3 aliphatic rings. The highest BCUT2D eigenvalue weighted by Gasteiger charge is 2.56. The van der Waals surface area contributed by atoms with Crippen molar-refractivity contribution in [2.24, 2.45) is 0 Å². The largest absolute Gasteiger partial charge is 0.497 e. The summed E-state index contributed by atoms with van der Waals surface area (Å²) in [5.74, 6) is 0.603. The monoisotopic (exact) mass is 455 g/mol. The molecule has 5 rings (SSSR count). The van der Waals surface area contributed by atoms with Crippen molar-refractivity contribution in [2.45, 2.75) is 31.5 Å². The second kappa shape index (κ2) is 8.27. The van der Waals surface area contributed by atoms with Crippen LogP contribution in [0.25, 0.3) is 0 Å². The Kier molecular flexibility index (Phi) is 5.44. The Morgan fingerprint density at radius 1 is 1.12 bits per heavy atom. The standard InChI is InChI=1S/C23H26ClN5O3/c1-26-20-19(21(30)29(23(26)31)14-15-6-3-7-16(24)12-15)28-11-5-10-27(22(28)25-20)17-8-4-9-18(13-17)32-2/h3-4,6-9,12-13,19-20,22,25H,5,10-11,14H2,1-2H3. The lowest BCUT2D eigenvalue weighted by atomic mass is 10.1. The number of nitrogens with zero attached hydrogens (tertiary/aromatic N) is 4. The molecule has 0 saturated carbocycles. The van der Waals surface area contributed by atoms with Gasteiger partial charge >= 0.3 is 6.03 Å². The van der Waals surface area contributed by atoms with Gasteiger partial charge in [-0.15, -0.1) is 0 Å². The van der Waals surface area contributed by atoms with E-state index in [9.17, 15) is 9.59 Å². The highest BCUT2D eigenvalue weighted by molar-refractivity contribution is 6.30. The van der Waals surface area contributed by atoms with Crippen molar-refractivity contribution in [2.75, 3.05) is 32.1 Å². The van der Waals surface area contributed by atoms with Gasteiger partial charge in [0.15, 0.2) is 0 Å². The topological polar surface area (TPSA) is 68.4 Å². The normalized spacial score (nSPS) is 25.7. The van der Waals surface area contributed by atoms with E-state index in [0.717, 1.165) is 36.5 Å². The van der Waals surface area contributed by atoms with Crippen LogP contribution in [0, 0.1) is 0 Å². The lowest BCUT2D eigenvalue weighted by Crippen LogP contribution is -2.66. The molecule has 2 aromatic carbocycles. The summed E-state index contributed by atoms with van der Waals surface area (Å²) in [6.45, 7) is 1.82. The van der Waals surface area contributed by atoms with Gasteiger partial charge in [0.2, 0.25) is 0 Å². The Bertz CT molecular complexity index is 1050. The predicted molar refractivity (Wildman–Crippen MR) is 121 cm³/mol. The highest BCUT2D eigenvalue weighted by atomic mass is 35.5. The smallest absolute Gasteiger partial charge is 0.328 e. The van der Waals surface area contributed by atoms with Crippen molar-refractivity contribution in [3.63, 3.8) is 0 Å². The molecule has 3 saturated heterocycles. The Morgan fingerprint density at radius 3 is 2.72 bits per heavy atom. The zero-order valence-corrected chi connectivity index (χ0v) is 18.8. The molecule has 9 heteroatoms. The Labute approximate surface area is 192 Å². The van der Waals surface area contributed by atoms with E-state index in [2.05, 4.69) is 15.1 Å². The number of hydrogen-bond donors (Lipinski definition) is 1. The predicted octanol–water partition coefficient (Wildman–Crippen LogP) is 2.54. The van der Waals surface area contributed by atoms with Crippen LogP contribution in [0.5, 0.6) is 5.75 Å². The lowest BCUT2D eigenvalue weighted by Gasteiger charge is -2.44. The number of carbonyl (C=O) groups excluding carboxylic acids is 2. The molecule has 1 N–H and O–H groups in total. The third kappa shape index (κ3) is 3.48. The van der Waals surface area contributed by atoms with Gasteiger partial charge in [0.1, 0.15) is 24.2 Å². The molecule has 3 atom stereocenters. The van der Waals surface area contributed by atoms with Gasteiger partial charge < -0.3 is 14.5 Å². The Hall–Kier alpha value is -2.81. The van der Waals surface area contributed by atoms with E-state index in [1.165, 1.54) is 4.90 Å². The number of urea groups is 1. The Morgan fingerprint density at radius 2 is 1.94 bits per heavy atom. The third-order valence-electron chi connectivity index (χ3n) is 6.48. The second-order valence-electron chi connectivity index (χ2n) is 8.36. The number of anilines is 1. The van der Waals surface area contributed by atoms with Crippen LogP contribution in [0.2, 0.25) is 5.02 Å². The minimum atomic E-state index is -0.449. The van der Waals surface area contributed by atoms with Crippen LogP contribution in [-0.4, -0.2) is 72.4 Å². The minimum Gasteiger partial charge on any atom is -0.497 e. The molecule has 0 radical (unpaired) electrons. The molecule has 0 aliphatic carbocycles. The first-order valence-electron chi connectivity index (χ1n) is 10.7. The van der Waals surface area contributed by atoms with E-state index in [1.807, 2.05) is 36.4 Å². The number of benzene rings is 2. The van der Waals surface area contributed by atoms with Crippen molar-refractivity contribution in [1.82, 2.24) is 20.0 Å². The van der Waals surface area contributed by atoms with Crippen molar-refractivity contribution in [1.29, 1.82) is 0 Å². The van der Waals surface area contributed by atoms with Crippen LogP contribution in [0.4, 0.5) is 10.5 Å². The van der Waals surface area contributed by atoms with E-state index in [0.29, 0.717) is 5.02 Å². The van der Waals surface area contributed by atoms with Crippen LogP contribution in [0.15, 0.2) is 48.5 Å². The summed E-state index contributed by atoms with van der Waals surface area (Å²) in [6.07, 6.45) is 0.343. The summed E-state index contributed by atoms with van der Waals surface area (Å²) in [6, 6.07) is 14.4. The van der Waals surface area contributed by atoms with Crippen molar-refractivity contribution in [3.05, 3.63) is 59.1 Å². The number of amides is 3. The number of imide groups is 1. The van der Waals surface area contributed by atoms with E-state index >= 15 is 0 Å². The lowest BCUT2D eigenvalue weighted by molar-refractivity contribution is -0.139. The van der Waals surface area contributed by atoms with E-state index in [4.69, 9.17) is 16.3 Å². The van der Waals surface area contributed by atoms with Gasteiger partial charge in [-0.2, -0.15) is 0 Å². The number of hydrogen-bond acceptors (Lipinski definition) is 6. The van der Waals surface area contributed by atoms with Crippen LogP contribution in [0.1, 0.15) is 12.0 Å². The number of fused-ring (bicyclic) bond motifs is 3. The van der Waals surface area contributed by atoms with Gasteiger partial charge in [-0.25, -0.2) is 4.79 Å². The van der Waals surface area contributed by atoms with Crippen LogP contribution in [-0.2, 0) is 11.3 Å². The minimum absolute atomic E-state index is 0.180. The fourth-order valence-electron chi connectivity index (χ4n) is 4.94. The van der Waals surface area contributed by atoms with Crippen LogP contribution in [0.3, 0.4) is 0 Å². The fourth-order valence-corrected chi connectivity index (χ4v) is 5.15. The SMILES string of the molecule is COc1cccc(N2CCCN3C4C(=O)N(Cc5cccc(Cl)c5)C(=O)N(C)C4NC23)c1. The molecule has 0 spiro atoms. The second-order valence-corrected chi connectivity index (χ2v) is 8.80. The summed E-state index contributed by atoms with van der Waals surface area (Å²) in [5, 5.41) is 4.11. The quantitative estimate of drug-likeness (QED) is 0.764. The summed E-state index contributed by atoms with van der Waals surface area (Å²) in [4.78, 5) is 34.1. The molecule has 3 unspecified atom stereocenters. The van der Waals surface area contributed by atoms with Gasteiger partial charge in [0, 0.05) is 36.9 Å². The number of ether oxygens (including phenoxy) is 1. The van der Waals surface area contributed by atoms with Gasteiger partial charge in [-0.3, -0.25) is 19.9 Å². The average molecular weight is 456 g/mol. The molecule has 3 heterocycles. The van der Waals surface area contributed by atoms with Gasteiger partial charge in [0.25, 0.3) is 5.91 Å². The molecule has 3 fully saturated rings. The zero-order chi connectivity index (χ0) is 22.4. The van der Waals surface area contributed by atoms with Gasteiger partial charge in [-0.05, 0) is 36.2 Å². The number of methoxy groups -OCH3 is 1. The van der Waals surface area contributed by atoms with E-state index in [1.54, 1.807) is 31.2 Å². The molecule has 8 nitrogen and oxygen atoms in total. The molecular formula is C23H26ClN5O3. The first-order valence-corrected chi connectivity index (χ1v) is 11.1. The van der Waals surface area contributed by atoms with Gasteiger partial charge in [0.05, 0.1) is 13.7 Å². The van der Waals surface area contributed by atoms with Crippen LogP contribution < -0.4 is 15.0 Å². The summed E-state index contributed by atoms with van der Waals surface area (Å²) in [7, 11) is 3.40. The molecule has 3 amide bonds. The Balaban J connectivity index is 1.43. The number of carbonyl (C=O) groups is 2. The summed E-state index contributed by atoms with van der Waals surface area (Å²) in [5.41, 5.74) is 1.84. The number of likely N-dealkylation sites (N-methyl/N-ethyl adjacent to an activating group) is 1. The van der Waals surface area contributed by atoms with Gasteiger partial charge in [-0.1, -0.05) is 29.8 Å². The molecule has 32 heavy (non-hydrogen) atoms. The average Bonchev–Trinajstić information content (AvgIpc) is 3.20. The first kappa shape index (κ1) is 21.1. The zero-order valence-electron chi connectivity index (χ0n) is 18.1. The highest BCUT2D eigenvalue weighted by Crippen LogP contribution is 2.34. The van der Waals surface area contributed by atoms with Crippen molar-refractivity contribution < 1.29 is 14.3 Å². The fraction of sp³-hybridized carbons (Fsp3) is 0.391. The maximum absolute atomic E-state index is 13.6. The summed E-state index contributed by atoms with van der Waals surface area (Å²) < 4.78 is 5.40. The molecular weight excluding hydrogens is 430 g/mol.